The molecule has 2 fully saturated rings. The minimum atomic E-state index is -0.463. The number of hydrogen-bond donors (Lipinski definition) is 0. The van der Waals surface area contributed by atoms with Gasteiger partial charge in [0.15, 0.2) is 6.61 Å². The molecule has 6 heteroatoms. The van der Waals surface area contributed by atoms with Crippen molar-refractivity contribution in [1.82, 2.24) is 9.80 Å². The second-order valence-electron chi connectivity index (χ2n) is 6.67. The molecule has 1 aromatic carbocycles. The van der Waals surface area contributed by atoms with E-state index in [1.165, 1.54) is 0 Å². The van der Waals surface area contributed by atoms with Crippen LogP contribution in [-0.4, -0.2) is 60.4 Å². The molecule has 0 aliphatic carbocycles. The molecular formula is C19H24N2O4. The molecule has 0 bridgehead atoms. The van der Waals surface area contributed by atoms with Gasteiger partial charge in [-0.1, -0.05) is 30.3 Å². The number of amides is 2. The standard InChI is InChI=1S/C19H24N2O4/c22-17-12-16(13-21(17)11-8-15-6-2-1-3-7-15)19(24)25-14-18(23)20-9-4-5-10-20/h1-3,6-7,16H,4-5,8-14H2. The van der Waals surface area contributed by atoms with E-state index in [0.717, 1.165) is 37.9 Å². The van der Waals surface area contributed by atoms with Crippen molar-refractivity contribution < 1.29 is 19.1 Å². The molecule has 1 unspecified atom stereocenters. The van der Waals surface area contributed by atoms with Crippen molar-refractivity contribution in [1.29, 1.82) is 0 Å². The van der Waals surface area contributed by atoms with Crippen molar-refractivity contribution in [3.63, 3.8) is 0 Å². The lowest BCUT2D eigenvalue weighted by Crippen LogP contribution is -2.33. The number of benzene rings is 1. The fraction of sp³-hybridized carbons (Fsp3) is 0.526. The zero-order valence-electron chi connectivity index (χ0n) is 14.4. The second-order valence-corrected chi connectivity index (χ2v) is 6.67. The molecule has 2 amide bonds. The Kier molecular flexibility index (Phi) is 5.68. The van der Waals surface area contributed by atoms with E-state index in [0.29, 0.717) is 13.1 Å². The Hall–Kier alpha value is -2.37. The van der Waals surface area contributed by atoms with Gasteiger partial charge in [-0.05, 0) is 24.8 Å². The highest BCUT2D eigenvalue weighted by Crippen LogP contribution is 2.20. The van der Waals surface area contributed by atoms with Crippen LogP contribution in [0.1, 0.15) is 24.8 Å². The molecule has 6 nitrogen and oxygen atoms in total. The van der Waals surface area contributed by atoms with Gasteiger partial charge < -0.3 is 14.5 Å². The Bertz CT molecular complexity index is 626. The Balaban J connectivity index is 1.43. The van der Waals surface area contributed by atoms with Crippen LogP contribution in [0, 0.1) is 5.92 Å². The van der Waals surface area contributed by atoms with E-state index in [-0.39, 0.29) is 24.8 Å². The predicted molar refractivity (Wildman–Crippen MR) is 91.6 cm³/mol. The maximum atomic E-state index is 12.2. The first kappa shape index (κ1) is 17.5. The molecule has 3 rings (SSSR count). The number of nitrogens with zero attached hydrogens (tertiary/aromatic N) is 2. The lowest BCUT2D eigenvalue weighted by Gasteiger charge is -2.17. The molecule has 134 valence electrons. The quantitative estimate of drug-likeness (QED) is 0.729. The van der Waals surface area contributed by atoms with E-state index < -0.39 is 11.9 Å². The van der Waals surface area contributed by atoms with Gasteiger partial charge in [-0.3, -0.25) is 14.4 Å². The Morgan fingerprint density at radius 2 is 1.84 bits per heavy atom. The predicted octanol–water partition coefficient (Wildman–Crippen LogP) is 1.24. The summed E-state index contributed by atoms with van der Waals surface area (Å²) >= 11 is 0. The molecule has 2 heterocycles. The lowest BCUT2D eigenvalue weighted by molar-refractivity contribution is -0.155. The summed E-state index contributed by atoms with van der Waals surface area (Å²) in [6, 6.07) is 9.95. The summed E-state index contributed by atoms with van der Waals surface area (Å²) in [4.78, 5) is 39.6. The minimum Gasteiger partial charge on any atom is -0.455 e. The van der Waals surface area contributed by atoms with Gasteiger partial charge in [-0.2, -0.15) is 0 Å². The first-order valence-corrected chi connectivity index (χ1v) is 8.89. The summed E-state index contributed by atoms with van der Waals surface area (Å²) in [5, 5.41) is 0. The average Bonchev–Trinajstić information content (AvgIpc) is 3.28. The normalized spacial score (nSPS) is 20.2. The fourth-order valence-electron chi connectivity index (χ4n) is 3.36. The van der Waals surface area contributed by atoms with Crippen LogP contribution in [0.15, 0.2) is 30.3 Å². The van der Waals surface area contributed by atoms with Crippen LogP contribution in [0.5, 0.6) is 0 Å². The van der Waals surface area contributed by atoms with Crippen LogP contribution < -0.4 is 0 Å². The maximum Gasteiger partial charge on any atom is 0.311 e. The molecule has 0 radical (unpaired) electrons. The third-order valence-electron chi connectivity index (χ3n) is 4.86. The van der Waals surface area contributed by atoms with E-state index in [2.05, 4.69) is 0 Å². The van der Waals surface area contributed by atoms with Gasteiger partial charge in [0.2, 0.25) is 5.91 Å². The molecule has 0 saturated carbocycles. The summed E-state index contributed by atoms with van der Waals surface area (Å²) < 4.78 is 5.15. The van der Waals surface area contributed by atoms with E-state index >= 15 is 0 Å². The number of carbonyl (C=O) groups is 3. The topological polar surface area (TPSA) is 66.9 Å². The summed E-state index contributed by atoms with van der Waals surface area (Å²) in [6.45, 7) is 2.24. The second kappa shape index (κ2) is 8.14. The highest BCUT2D eigenvalue weighted by Gasteiger charge is 2.35. The van der Waals surface area contributed by atoms with Gasteiger partial charge in [-0.25, -0.2) is 0 Å². The Morgan fingerprint density at radius 1 is 1.12 bits per heavy atom. The van der Waals surface area contributed by atoms with Crippen molar-refractivity contribution in [2.24, 2.45) is 5.92 Å². The summed E-state index contributed by atoms with van der Waals surface area (Å²) in [6.07, 6.45) is 2.95. The zero-order valence-corrected chi connectivity index (χ0v) is 14.4. The minimum absolute atomic E-state index is 0.0243. The van der Waals surface area contributed by atoms with Crippen LogP contribution in [0.2, 0.25) is 0 Å². The molecule has 2 aliphatic rings. The van der Waals surface area contributed by atoms with E-state index in [1.54, 1.807) is 9.80 Å². The summed E-state index contributed by atoms with van der Waals surface area (Å²) in [7, 11) is 0. The van der Waals surface area contributed by atoms with Gasteiger partial charge in [0, 0.05) is 32.6 Å². The first-order chi connectivity index (χ1) is 12.1. The monoisotopic (exact) mass is 344 g/mol. The Labute approximate surface area is 147 Å². The van der Waals surface area contributed by atoms with Crippen LogP contribution >= 0.6 is 0 Å². The molecule has 1 atom stereocenters. The molecular weight excluding hydrogens is 320 g/mol. The van der Waals surface area contributed by atoms with Crippen LogP contribution in [0.4, 0.5) is 0 Å². The molecule has 0 spiro atoms. The summed E-state index contributed by atoms with van der Waals surface area (Å²) in [5.41, 5.74) is 1.16. The molecule has 0 aromatic heterocycles. The maximum absolute atomic E-state index is 12.2. The Morgan fingerprint density at radius 3 is 2.56 bits per heavy atom. The number of rotatable bonds is 6. The van der Waals surface area contributed by atoms with Crippen LogP contribution in [0.25, 0.3) is 0 Å². The summed E-state index contributed by atoms with van der Waals surface area (Å²) in [5.74, 6) is -1.07. The molecule has 2 saturated heterocycles. The van der Waals surface area contributed by atoms with Gasteiger partial charge in [-0.15, -0.1) is 0 Å². The fourth-order valence-corrected chi connectivity index (χ4v) is 3.36. The van der Waals surface area contributed by atoms with Gasteiger partial charge >= 0.3 is 5.97 Å². The van der Waals surface area contributed by atoms with Crippen LogP contribution in [0.3, 0.4) is 0 Å². The van der Waals surface area contributed by atoms with Gasteiger partial charge in [0.25, 0.3) is 5.91 Å². The van der Waals surface area contributed by atoms with Gasteiger partial charge in [0.1, 0.15) is 0 Å². The molecule has 1 aromatic rings. The van der Waals surface area contributed by atoms with E-state index in [9.17, 15) is 14.4 Å². The smallest absolute Gasteiger partial charge is 0.311 e. The highest BCUT2D eigenvalue weighted by molar-refractivity contribution is 5.88. The molecule has 0 N–H and O–H groups in total. The van der Waals surface area contributed by atoms with Crippen molar-refractivity contribution in [2.75, 3.05) is 32.8 Å². The van der Waals surface area contributed by atoms with Crippen molar-refractivity contribution in [3.8, 4) is 0 Å². The van der Waals surface area contributed by atoms with Crippen LogP contribution in [-0.2, 0) is 25.5 Å². The number of esters is 1. The molecule has 2 aliphatic heterocycles. The van der Waals surface area contributed by atoms with E-state index in [4.69, 9.17) is 4.74 Å². The number of ether oxygens (including phenoxy) is 1. The third kappa shape index (κ3) is 4.59. The van der Waals surface area contributed by atoms with Crippen molar-refractivity contribution >= 4 is 17.8 Å². The number of hydrogen-bond acceptors (Lipinski definition) is 4. The largest absolute Gasteiger partial charge is 0.455 e. The van der Waals surface area contributed by atoms with Crippen molar-refractivity contribution in [3.05, 3.63) is 35.9 Å². The highest BCUT2D eigenvalue weighted by atomic mass is 16.5. The first-order valence-electron chi connectivity index (χ1n) is 8.89. The van der Waals surface area contributed by atoms with Crippen molar-refractivity contribution in [2.45, 2.75) is 25.7 Å². The SMILES string of the molecule is O=C(OCC(=O)N1CCCC1)C1CC(=O)N(CCc2ccccc2)C1. The number of likely N-dealkylation sites (tertiary alicyclic amines) is 2. The zero-order chi connectivity index (χ0) is 17.6. The van der Waals surface area contributed by atoms with E-state index in [1.807, 2.05) is 30.3 Å². The number of carbonyl (C=O) groups excluding carboxylic acids is 3. The lowest BCUT2D eigenvalue weighted by atomic mass is 10.1. The molecule has 25 heavy (non-hydrogen) atoms. The van der Waals surface area contributed by atoms with Gasteiger partial charge in [0.05, 0.1) is 5.92 Å². The third-order valence-corrected chi connectivity index (χ3v) is 4.86. The average molecular weight is 344 g/mol.